The molecule has 2 aliphatic rings. The molecule has 0 aromatic heterocycles. The molecular weight excluding hydrogens is 372 g/mol. The molecule has 30 heavy (non-hydrogen) atoms. The highest BCUT2D eigenvalue weighted by Crippen LogP contribution is 2.41. The van der Waals surface area contributed by atoms with E-state index >= 15 is 0 Å². The molecule has 0 bridgehead atoms. The first kappa shape index (κ1) is 25.4. The highest BCUT2D eigenvalue weighted by atomic mass is 16.2. The first-order valence-corrected chi connectivity index (χ1v) is 12.7. The number of hydrogen-bond donors (Lipinski definition) is 1. The summed E-state index contributed by atoms with van der Waals surface area (Å²) >= 11 is 0. The SMILES string of the molecule is CN1C(C)(C)CC(CCCCCCCCCCCCC2CC(=O)NC2=O)CC1(C)C. The van der Waals surface area contributed by atoms with Crippen molar-refractivity contribution in [2.45, 2.75) is 135 Å². The summed E-state index contributed by atoms with van der Waals surface area (Å²) in [6.07, 6.45) is 18.5. The molecule has 1 unspecified atom stereocenters. The summed E-state index contributed by atoms with van der Waals surface area (Å²) in [6.45, 7) is 9.64. The molecule has 2 aliphatic heterocycles. The summed E-state index contributed by atoms with van der Waals surface area (Å²) < 4.78 is 0. The van der Waals surface area contributed by atoms with E-state index in [2.05, 4.69) is 45.0 Å². The van der Waals surface area contributed by atoms with Gasteiger partial charge in [-0.25, -0.2) is 0 Å². The number of imide groups is 1. The molecule has 2 fully saturated rings. The van der Waals surface area contributed by atoms with E-state index < -0.39 is 0 Å². The largest absolute Gasteiger partial charge is 0.296 e. The van der Waals surface area contributed by atoms with Crippen LogP contribution in [0.15, 0.2) is 0 Å². The van der Waals surface area contributed by atoms with Gasteiger partial charge in [-0.05, 0) is 59.9 Å². The highest BCUT2D eigenvalue weighted by molar-refractivity contribution is 6.03. The van der Waals surface area contributed by atoms with E-state index in [4.69, 9.17) is 0 Å². The van der Waals surface area contributed by atoms with Crippen molar-refractivity contribution >= 4 is 11.8 Å². The number of hydrogen-bond acceptors (Lipinski definition) is 3. The van der Waals surface area contributed by atoms with Gasteiger partial charge in [-0.2, -0.15) is 0 Å². The van der Waals surface area contributed by atoms with Crippen LogP contribution >= 0.6 is 0 Å². The van der Waals surface area contributed by atoms with Crippen molar-refractivity contribution < 1.29 is 9.59 Å². The highest BCUT2D eigenvalue weighted by Gasteiger charge is 2.42. The number of amides is 2. The Morgan fingerprint density at radius 1 is 0.767 bits per heavy atom. The van der Waals surface area contributed by atoms with Crippen LogP contribution in [0.25, 0.3) is 0 Å². The predicted molar refractivity (Wildman–Crippen MR) is 125 cm³/mol. The van der Waals surface area contributed by atoms with Crippen molar-refractivity contribution in [3.05, 3.63) is 0 Å². The zero-order valence-electron chi connectivity index (χ0n) is 20.5. The summed E-state index contributed by atoms with van der Waals surface area (Å²) in [6, 6.07) is 0. The summed E-state index contributed by atoms with van der Waals surface area (Å²) in [4.78, 5) is 25.3. The third-order valence-corrected chi connectivity index (χ3v) is 7.87. The third kappa shape index (κ3) is 7.98. The second-order valence-corrected chi connectivity index (χ2v) is 11.4. The molecule has 2 amide bonds. The number of carbonyl (C=O) groups is 2. The summed E-state index contributed by atoms with van der Waals surface area (Å²) in [5.74, 6) is 0.691. The number of nitrogens with one attached hydrogen (secondary N) is 1. The lowest BCUT2D eigenvalue weighted by Gasteiger charge is -2.54. The van der Waals surface area contributed by atoms with Crippen molar-refractivity contribution in [3.63, 3.8) is 0 Å². The third-order valence-electron chi connectivity index (χ3n) is 7.87. The van der Waals surface area contributed by atoms with Crippen molar-refractivity contribution in [2.75, 3.05) is 7.05 Å². The van der Waals surface area contributed by atoms with Crippen LogP contribution in [0.2, 0.25) is 0 Å². The number of nitrogens with zero attached hydrogens (tertiary/aromatic N) is 1. The second-order valence-electron chi connectivity index (χ2n) is 11.4. The van der Waals surface area contributed by atoms with Crippen LogP contribution in [0.3, 0.4) is 0 Å². The van der Waals surface area contributed by atoms with E-state index in [1.807, 2.05) is 0 Å². The first-order valence-electron chi connectivity index (χ1n) is 12.7. The van der Waals surface area contributed by atoms with Gasteiger partial charge in [-0.3, -0.25) is 19.8 Å². The standard InChI is InChI=1S/C26H48N2O2/c1-25(2)19-21(20-26(3,4)28(25)5)16-14-12-10-8-6-7-9-11-13-15-17-22-18-23(29)27-24(22)30/h21-22H,6-20H2,1-5H3,(H,27,29,30). The van der Waals surface area contributed by atoms with Crippen LogP contribution in [0.5, 0.6) is 0 Å². The van der Waals surface area contributed by atoms with Gasteiger partial charge in [-0.1, -0.05) is 70.6 Å². The minimum absolute atomic E-state index is 0.0517. The molecule has 0 spiro atoms. The van der Waals surface area contributed by atoms with Crippen LogP contribution in [-0.2, 0) is 9.59 Å². The lowest BCUT2D eigenvalue weighted by atomic mass is 9.72. The molecule has 0 aromatic rings. The molecule has 2 rings (SSSR count). The van der Waals surface area contributed by atoms with Crippen LogP contribution in [0.4, 0.5) is 0 Å². The van der Waals surface area contributed by atoms with Crippen molar-refractivity contribution in [1.29, 1.82) is 0 Å². The Morgan fingerprint density at radius 2 is 1.20 bits per heavy atom. The summed E-state index contributed by atoms with van der Waals surface area (Å²) in [7, 11) is 2.30. The molecule has 1 atom stereocenters. The van der Waals surface area contributed by atoms with Gasteiger partial charge in [0.2, 0.25) is 11.8 Å². The molecule has 4 heteroatoms. The minimum Gasteiger partial charge on any atom is -0.296 e. The van der Waals surface area contributed by atoms with Crippen LogP contribution < -0.4 is 5.32 Å². The summed E-state index contributed by atoms with van der Waals surface area (Å²) in [5.41, 5.74) is 0.653. The van der Waals surface area contributed by atoms with E-state index in [-0.39, 0.29) is 17.7 Å². The van der Waals surface area contributed by atoms with E-state index in [9.17, 15) is 9.59 Å². The molecule has 0 aliphatic carbocycles. The minimum atomic E-state index is -0.0935. The first-order chi connectivity index (χ1) is 14.1. The molecular formula is C26H48N2O2. The van der Waals surface area contributed by atoms with Crippen LogP contribution in [0, 0.1) is 11.8 Å². The van der Waals surface area contributed by atoms with Crippen LogP contribution in [0.1, 0.15) is 124 Å². The summed E-state index contributed by atoms with van der Waals surface area (Å²) in [5, 5.41) is 2.40. The van der Waals surface area contributed by atoms with Gasteiger partial charge < -0.3 is 0 Å². The maximum absolute atomic E-state index is 11.5. The lowest BCUT2D eigenvalue weighted by molar-refractivity contribution is -0.125. The van der Waals surface area contributed by atoms with E-state index in [0.717, 1.165) is 18.8 Å². The monoisotopic (exact) mass is 420 g/mol. The maximum atomic E-state index is 11.5. The molecule has 0 radical (unpaired) electrons. The fraction of sp³-hybridized carbons (Fsp3) is 0.923. The van der Waals surface area contributed by atoms with Crippen molar-refractivity contribution in [1.82, 2.24) is 10.2 Å². The number of unbranched alkanes of at least 4 members (excludes halogenated alkanes) is 9. The molecule has 2 saturated heterocycles. The molecule has 0 saturated carbocycles. The number of piperidine rings is 1. The topological polar surface area (TPSA) is 49.4 Å². The van der Waals surface area contributed by atoms with E-state index in [0.29, 0.717) is 17.5 Å². The molecule has 2 heterocycles. The van der Waals surface area contributed by atoms with Gasteiger partial charge >= 0.3 is 0 Å². The Hall–Kier alpha value is -0.900. The Bertz CT molecular complexity index is 537. The van der Waals surface area contributed by atoms with E-state index in [1.54, 1.807) is 0 Å². The fourth-order valence-electron chi connectivity index (χ4n) is 5.86. The van der Waals surface area contributed by atoms with Gasteiger partial charge in [0, 0.05) is 23.4 Å². The maximum Gasteiger partial charge on any atom is 0.230 e. The van der Waals surface area contributed by atoms with Crippen LogP contribution in [-0.4, -0.2) is 34.8 Å². The Labute approximate surface area is 185 Å². The van der Waals surface area contributed by atoms with Gasteiger partial charge in [-0.15, -0.1) is 0 Å². The zero-order chi connectivity index (χ0) is 22.2. The van der Waals surface area contributed by atoms with Gasteiger partial charge in [0.05, 0.1) is 0 Å². The van der Waals surface area contributed by atoms with Gasteiger partial charge in [0.15, 0.2) is 0 Å². The fourth-order valence-corrected chi connectivity index (χ4v) is 5.86. The van der Waals surface area contributed by atoms with E-state index in [1.165, 1.54) is 77.0 Å². The molecule has 174 valence electrons. The Balaban J connectivity index is 1.40. The van der Waals surface area contributed by atoms with Crippen molar-refractivity contribution in [2.24, 2.45) is 11.8 Å². The number of rotatable bonds is 13. The van der Waals surface area contributed by atoms with Gasteiger partial charge in [0.1, 0.15) is 0 Å². The Kier molecular flexibility index (Phi) is 9.84. The van der Waals surface area contributed by atoms with Gasteiger partial charge in [0.25, 0.3) is 0 Å². The lowest BCUT2D eigenvalue weighted by Crippen LogP contribution is -2.58. The smallest absolute Gasteiger partial charge is 0.230 e. The van der Waals surface area contributed by atoms with Crippen molar-refractivity contribution in [3.8, 4) is 0 Å². The normalized spacial score (nSPS) is 24.4. The quantitative estimate of drug-likeness (QED) is 0.284. The average molecular weight is 421 g/mol. The average Bonchev–Trinajstić information content (AvgIpc) is 2.97. The second kappa shape index (κ2) is 11.6. The molecule has 0 aromatic carbocycles. The Morgan fingerprint density at radius 3 is 1.63 bits per heavy atom. The molecule has 1 N–H and O–H groups in total. The number of likely N-dealkylation sites (tertiary alicyclic amines) is 1. The number of carbonyl (C=O) groups excluding carboxylic acids is 2. The zero-order valence-corrected chi connectivity index (χ0v) is 20.5. The molecule has 4 nitrogen and oxygen atoms in total. The predicted octanol–water partition coefficient (Wildman–Crippen LogP) is 6.23.